The lowest BCUT2D eigenvalue weighted by molar-refractivity contribution is -0.130. The molecule has 1 atom stereocenters. The maximum atomic E-state index is 12.3. The van der Waals surface area contributed by atoms with Crippen molar-refractivity contribution in [1.29, 1.82) is 0 Å². The van der Waals surface area contributed by atoms with Gasteiger partial charge in [-0.2, -0.15) is 0 Å². The van der Waals surface area contributed by atoms with E-state index in [1.165, 1.54) is 16.2 Å². The fraction of sp³-hybridized carbons (Fsp3) is 0.286. The molecule has 0 spiro atoms. The normalized spacial score (nSPS) is 12.2. The van der Waals surface area contributed by atoms with E-state index in [0.29, 0.717) is 10.6 Å². The minimum absolute atomic E-state index is 0.163. The zero-order valence-electron chi connectivity index (χ0n) is 11.9. The predicted molar refractivity (Wildman–Crippen MR) is 89.6 cm³/mol. The lowest BCUT2D eigenvalue weighted by Gasteiger charge is -2.17. The molecule has 2 rings (SSSR count). The molecule has 7 heteroatoms. The molecule has 0 saturated heterocycles. The Bertz CT molecular complexity index is 712. The number of hydrogen-bond acceptors (Lipinski definition) is 4. The number of nitrogen functional groups attached to an aromatic ring is 1. The molecular formula is C14H16BrN3O2S. The summed E-state index contributed by atoms with van der Waals surface area (Å²) in [5.74, 6) is -0.493. The average Bonchev–Trinajstić information content (AvgIpc) is 2.76. The first kappa shape index (κ1) is 15.8. The van der Waals surface area contributed by atoms with Crippen LogP contribution in [0.4, 0.5) is 5.69 Å². The van der Waals surface area contributed by atoms with Crippen LogP contribution < -0.4 is 11.1 Å². The van der Waals surface area contributed by atoms with E-state index in [0.717, 1.165) is 14.6 Å². The summed E-state index contributed by atoms with van der Waals surface area (Å²) in [7, 11) is 3.30. The van der Waals surface area contributed by atoms with E-state index in [1.54, 1.807) is 21.0 Å². The van der Waals surface area contributed by atoms with Crippen LogP contribution in [0.15, 0.2) is 22.7 Å². The molecule has 0 bridgehead atoms. The van der Waals surface area contributed by atoms with E-state index < -0.39 is 6.04 Å². The monoisotopic (exact) mass is 369 g/mol. The van der Waals surface area contributed by atoms with Crippen molar-refractivity contribution in [1.82, 2.24) is 10.2 Å². The van der Waals surface area contributed by atoms with Gasteiger partial charge in [0.25, 0.3) is 5.91 Å². The molecule has 0 saturated carbocycles. The topological polar surface area (TPSA) is 75.4 Å². The Labute approximate surface area is 135 Å². The molecule has 1 aromatic heterocycles. The van der Waals surface area contributed by atoms with E-state index in [4.69, 9.17) is 5.73 Å². The number of thiophene rings is 1. The minimum atomic E-state index is -0.597. The number of amides is 2. The second-order valence-electron chi connectivity index (χ2n) is 4.89. The van der Waals surface area contributed by atoms with Crippen molar-refractivity contribution in [3.63, 3.8) is 0 Å². The Morgan fingerprint density at radius 2 is 2.05 bits per heavy atom. The second-order valence-corrected chi connectivity index (χ2v) is 6.79. The van der Waals surface area contributed by atoms with Gasteiger partial charge < -0.3 is 16.0 Å². The molecule has 21 heavy (non-hydrogen) atoms. The first-order chi connectivity index (χ1) is 9.82. The Morgan fingerprint density at radius 1 is 1.38 bits per heavy atom. The van der Waals surface area contributed by atoms with Crippen molar-refractivity contribution in [3.8, 4) is 0 Å². The maximum Gasteiger partial charge on any atom is 0.264 e. The molecule has 0 fully saturated rings. The molecule has 1 aromatic carbocycles. The van der Waals surface area contributed by atoms with Crippen molar-refractivity contribution < 1.29 is 9.59 Å². The van der Waals surface area contributed by atoms with E-state index >= 15 is 0 Å². The number of rotatable bonds is 3. The highest BCUT2D eigenvalue weighted by atomic mass is 79.9. The standard InChI is InChI=1S/C14H16BrN3O2S/c1-7(14(20)18(2)3)17-13(19)12-11(16)10-8(15)5-4-6-9(10)21-12/h4-7H,16H2,1-3H3,(H,17,19). The number of nitrogens with zero attached hydrogens (tertiary/aromatic N) is 1. The molecule has 1 unspecified atom stereocenters. The Hall–Kier alpha value is -1.60. The lowest BCUT2D eigenvalue weighted by Crippen LogP contribution is -2.44. The number of benzene rings is 1. The fourth-order valence-electron chi connectivity index (χ4n) is 2.01. The molecule has 2 aromatic rings. The molecular weight excluding hydrogens is 354 g/mol. The molecule has 5 nitrogen and oxygen atoms in total. The summed E-state index contributed by atoms with van der Waals surface area (Å²) in [6.45, 7) is 1.65. The van der Waals surface area contributed by atoms with Gasteiger partial charge in [-0.25, -0.2) is 0 Å². The van der Waals surface area contributed by atoms with E-state index in [2.05, 4.69) is 21.2 Å². The summed E-state index contributed by atoms with van der Waals surface area (Å²) in [6.07, 6.45) is 0. The second kappa shape index (κ2) is 6.03. The average molecular weight is 370 g/mol. The number of nitrogens with two attached hydrogens (primary N) is 1. The van der Waals surface area contributed by atoms with Crippen LogP contribution in [0.1, 0.15) is 16.6 Å². The van der Waals surface area contributed by atoms with Gasteiger partial charge in [0, 0.05) is 28.7 Å². The zero-order valence-corrected chi connectivity index (χ0v) is 14.3. The van der Waals surface area contributed by atoms with Gasteiger partial charge in [0.05, 0.1) is 5.69 Å². The Kier molecular flexibility index (Phi) is 4.53. The predicted octanol–water partition coefficient (Wildman–Crippen LogP) is 2.45. The molecule has 0 aliphatic carbocycles. The highest BCUT2D eigenvalue weighted by molar-refractivity contribution is 9.10. The van der Waals surface area contributed by atoms with E-state index in [-0.39, 0.29) is 11.8 Å². The van der Waals surface area contributed by atoms with Crippen molar-refractivity contribution in [2.75, 3.05) is 19.8 Å². The van der Waals surface area contributed by atoms with Crippen LogP contribution in [0.2, 0.25) is 0 Å². The number of anilines is 1. The quantitative estimate of drug-likeness (QED) is 0.872. The third-order valence-corrected chi connectivity index (χ3v) is 4.90. The van der Waals surface area contributed by atoms with Gasteiger partial charge in [0.2, 0.25) is 5.91 Å². The van der Waals surface area contributed by atoms with Gasteiger partial charge in [0.15, 0.2) is 0 Å². The van der Waals surface area contributed by atoms with Crippen molar-refractivity contribution in [2.45, 2.75) is 13.0 Å². The summed E-state index contributed by atoms with van der Waals surface area (Å²) < 4.78 is 1.78. The first-order valence-corrected chi connectivity index (χ1v) is 7.92. The Balaban J connectivity index is 2.30. The van der Waals surface area contributed by atoms with Crippen LogP contribution in [-0.2, 0) is 4.79 Å². The van der Waals surface area contributed by atoms with Gasteiger partial charge >= 0.3 is 0 Å². The van der Waals surface area contributed by atoms with Crippen molar-refractivity contribution in [2.24, 2.45) is 0 Å². The highest BCUT2D eigenvalue weighted by Gasteiger charge is 2.22. The first-order valence-electron chi connectivity index (χ1n) is 6.31. The van der Waals surface area contributed by atoms with Gasteiger partial charge in [-0.3, -0.25) is 9.59 Å². The summed E-state index contributed by atoms with van der Waals surface area (Å²) in [5, 5.41) is 3.52. The third-order valence-electron chi connectivity index (χ3n) is 3.07. The van der Waals surface area contributed by atoms with Crippen LogP contribution in [0.3, 0.4) is 0 Å². The summed E-state index contributed by atoms with van der Waals surface area (Å²) in [4.78, 5) is 26.0. The van der Waals surface area contributed by atoms with Crippen LogP contribution in [-0.4, -0.2) is 36.9 Å². The fourth-order valence-corrected chi connectivity index (χ4v) is 3.77. The van der Waals surface area contributed by atoms with Crippen molar-refractivity contribution >= 4 is 54.9 Å². The third kappa shape index (κ3) is 3.03. The summed E-state index contributed by atoms with van der Waals surface area (Å²) in [5.41, 5.74) is 6.51. The largest absolute Gasteiger partial charge is 0.397 e. The summed E-state index contributed by atoms with van der Waals surface area (Å²) >= 11 is 4.75. The number of likely N-dealkylation sites (N-methyl/N-ethyl adjacent to an activating group) is 1. The number of hydrogen-bond donors (Lipinski definition) is 2. The highest BCUT2D eigenvalue weighted by Crippen LogP contribution is 2.38. The number of fused-ring (bicyclic) bond motifs is 1. The smallest absolute Gasteiger partial charge is 0.264 e. The molecule has 0 radical (unpaired) electrons. The number of halogens is 1. The van der Waals surface area contributed by atoms with E-state index in [1.807, 2.05) is 18.2 Å². The van der Waals surface area contributed by atoms with Gasteiger partial charge in [0.1, 0.15) is 10.9 Å². The van der Waals surface area contributed by atoms with Crippen molar-refractivity contribution in [3.05, 3.63) is 27.5 Å². The zero-order chi connectivity index (χ0) is 15.7. The van der Waals surface area contributed by atoms with Crippen LogP contribution >= 0.6 is 27.3 Å². The lowest BCUT2D eigenvalue weighted by atomic mass is 10.2. The van der Waals surface area contributed by atoms with Gasteiger partial charge in [-0.05, 0) is 19.1 Å². The van der Waals surface area contributed by atoms with E-state index in [9.17, 15) is 9.59 Å². The van der Waals surface area contributed by atoms with Crippen LogP contribution in [0.25, 0.3) is 10.1 Å². The maximum absolute atomic E-state index is 12.3. The molecule has 3 N–H and O–H groups in total. The Morgan fingerprint density at radius 3 is 2.62 bits per heavy atom. The molecule has 0 aliphatic rings. The van der Waals surface area contributed by atoms with Crippen LogP contribution in [0.5, 0.6) is 0 Å². The SMILES string of the molecule is CC(NC(=O)c1sc2cccc(Br)c2c1N)C(=O)N(C)C. The van der Waals surface area contributed by atoms with Crippen LogP contribution in [0, 0.1) is 0 Å². The minimum Gasteiger partial charge on any atom is -0.397 e. The molecule has 112 valence electrons. The number of carbonyl (C=O) groups is 2. The van der Waals surface area contributed by atoms with Gasteiger partial charge in [-0.1, -0.05) is 22.0 Å². The molecule has 2 amide bonds. The number of carbonyl (C=O) groups excluding carboxylic acids is 2. The molecule has 1 heterocycles. The number of nitrogens with one attached hydrogen (secondary N) is 1. The van der Waals surface area contributed by atoms with Gasteiger partial charge in [-0.15, -0.1) is 11.3 Å². The summed E-state index contributed by atoms with van der Waals surface area (Å²) in [6, 6.07) is 5.08. The molecule has 0 aliphatic heterocycles.